The number of allylic oxidation sites excluding steroid dienone is 1. The van der Waals surface area contributed by atoms with E-state index in [1.165, 1.54) is 32.9 Å². The van der Waals surface area contributed by atoms with Gasteiger partial charge in [0, 0.05) is 21.4 Å². The lowest BCUT2D eigenvalue weighted by molar-refractivity contribution is 0.466. The molecule has 2 aromatic carbocycles. The monoisotopic (exact) mass is 524 g/mol. The molecule has 36 heavy (non-hydrogen) atoms. The summed E-state index contributed by atoms with van der Waals surface area (Å²) in [7, 11) is 0. The van der Waals surface area contributed by atoms with Crippen LogP contribution in [-0.4, -0.2) is 4.57 Å². The number of furan rings is 1. The third kappa shape index (κ3) is 3.75. The van der Waals surface area contributed by atoms with Crippen molar-refractivity contribution in [3.05, 3.63) is 131 Å². The van der Waals surface area contributed by atoms with E-state index in [0.29, 0.717) is 10.3 Å². The Morgan fingerprint density at radius 2 is 1.83 bits per heavy atom. The number of fused-ring (bicyclic) bond motifs is 3. The van der Waals surface area contributed by atoms with E-state index in [1.807, 2.05) is 41.0 Å². The summed E-state index contributed by atoms with van der Waals surface area (Å²) in [4.78, 5) is 21.8. The number of hydrogen-bond acceptors (Lipinski definition) is 6. The quantitative estimate of drug-likeness (QED) is 0.284. The highest BCUT2D eigenvalue weighted by atomic mass is 32.2. The second kappa shape index (κ2) is 8.92. The highest BCUT2D eigenvalue weighted by molar-refractivity contribution is 7.99. The van der Waals surface area contributed by atoms with Crippen LogP contribution in [0.2, 0.25) is 0 Å². The van der Waals surface area contributed by atoms with Crippen LogP contribution in [0.4, 0.5) is 0 Å². The molecule has 3 aromatic heterocycles. The minimum atomic E-state index is -0.118. The first kappa shape index (κ1) is 21.9. The summed E-state index contributed by atoms with van der Waals surface area (Å²) >= 11 is 4.69. The molecule has 0 amide bonds. The predicted octanol–water partition coefficient (Wildman–Crippen LogP) is 6.12. The Kier molecular flexibility index (Phi) is 5.42. The molecule has 4 heterocycles. The van der Waals surface area contributed by atoms with Crippen molar-refractivity contribution in [1.82, 2.24) is 4.57 Å². The van der Waals surface area contributed by atoms with Crippen molar-refractivity contribution < 1.29 is 4.42 Å². The largest absolute Gasteiger partial charge is 0.450 e. The second-order valence-corrected chi connectivity index (χ2v) is 11.8. The van der Waals surface area contributed by atoms with Gasteiger partial charge in [-0.15, -0.1) is 11.3 Å². The predicted molar refractivity (Wildman–Crippen MR) is 146 cm³/mol. The van der Waals surface area contributed by atoms with Crippen molar-refractivity contribution in [2.75, 3.05) is 0 Å². The molecular weight excluding hydrogens is 505 g/mol. The molecule has 4 nitrogen and oxygen atoms in total. The van der Waals surface area contributed by atoms with Gasteiger partial charge in [-0.1, -0.05) is 71.6 Å². The fourth-order valence-corrected chi connectivity index (χ4v) is 7.55. The minimum Gasteiger partial charge on any atom is -0.450 e. The molecule has 0 saturated heterocycles. The molecule has 0 N–H and O–H groups in total. The van der Waals surface area contributed by atoms with Crippen molar-refractivity contribution in [3.63, 3.8) is 0 Å². The van der Waals surface area contributed by atoms with E-state index in [4.69, 9.17) is 9.41 Å². The molecule has 1 atom stereocenters. The lowest BCUT2D eigenvalue weighted by Gasteiger charge is -2.30. The van der Waals surface area contributed by atoms with Gasteiger partial charge in [0.15, 0.2) is 9.89 Å². The molecule has 7 heteroatoms. The number of nitrogens with zero attached hydrogens (tertiary/aromatic N) is 2. The summed E-state index contributed by atoms with van der Waals surface area (Å²) in [6.45, 7) is 0. The van der Waals surface area contributed by atoms with Crippen LogP contribution in [0.5, 0.6) is 0 Å². The molecule has 0 radical (unpaired) electrons. The first-order chi connectivity index (χ1) is 17.7. The van der Waals surface area contributed by atoms with Crippen LogP contribution in [0.15, 0.2) is 114 Å². The fraction of sp³-hybridized carbons (Fsp3) is 0.103. The zero-order chi connectivity index (χ0) is 24.1. The lowest BCUT2D eigenvalue weighted by Crippen LogP contribution is -2.38. The average Bonchev–Trinajstić information content (AvgIpc) is 3.66. The van der Waals surface area contributed by atoms with Crippen LogP contribution >= 0.6 is 34.4 Å². The van der Waals surface area contributed by atoms with Crippen LogP contribution in [0, 0.1) is 0 Å². The van der Waals surface area contributed by atoms with Gasteiger partial charge in [-0.3, -0.25) is 9.36 Å². The van der Waals surface area contributed by atoms with Crippen molar-refractivity contribution >= 4 is 46.2 Å². The summed E-state index contributed by atoms with van der Waals surface area (Å²) in [5.74, 6) is 0.667. The SMILES string of the molecule is O=c1/c(=C/c2ccc(Sc3ccccc3)o2)sc2n1[C@H](c1cccs1)C1=C(N=2)c2ccccc2CC1. The second-order valence-electron chi connectivity index (χ2n) is 8.70. The number of benzene rings is 2. The molecule has 1 aliphatic carbocycles. The van der Waals surface area contributed by atoms with Gasteiger partial charge in [0.05, 0.1) is 16.3 Å². The summed E-state index contributed by atoms with van der Waals surface area (Å²) < 4.78 is 8.57. The standard InChI is InChI=1S/C29H20N2O2S3/c32-28-24(17-19-13-15-25(33-19)35-20-8-2-1-3-9-20)36-29-30-26-21-10-5-4-7-18(21)12-14-22(26)27(31(28)29)23-11-6-16-34-23/h1-11,13,15-17,27H,12,14H2/b24-17-/t27-/m0/s1. The van der Waals surface area contributed by atoms with Crippen molar-refractivity contribution in [1.29, 1.82) is 0 Å². The van der Waals surface area contributed by atoms with Crippen molar-refractivity contribution in [2.45, 2.75) is 28.9 Å². The van der Waals surface area contributed by atoms with Gasteiger partial charge in [-0.2, -0.15) is 0 Å². The average molecular weight is 525 g/mol. The normalized spacial score (nSPS) is 16.9. The molecule has 5 aromatic rings. The molecule has 0 fully saturated rings. The Morgan fingerprint density at radius 3 is 2.69 bits per heavy atom. The summed E-state index contributed by atoms with van der Waals surface area (Å²) in [5, 5.41) is 2.88. The number of aromatic nitrogens is 1. The minimum absolute atomic E-state index is 0.0174. The Morgan fingerprint density at radius 1 is 0.972 bits per heavy atom. The maximum absolute atomic E-state index is 13.8. The van der Waals surface area contributed by atoms with Gasteiger partial charge in [0.1, 0.15) is 5.76 Å². The molecule has 7 rings (SSSR count). The van der Waals surface area contributed by atoms with E-state index >= 15 is 0 Å². The van der Waals surface area contributed by atoms with Gasteiger partial charge < -0.3 is 4.42 Å². The van der Waals surface area contributed by atoms with E-state index in [0.717, 1.165) is 33.3 Å². The number of thiazole rings is 1. The smallest absolute Gasteiger partial charge is 0.271 e. The van der Waals surface area contributed by atoms with Gasteiger partial charge in [-0.05, 0) is 59.7 Å². The van der Waals surface area contributed by atoms with E-state index in [9.17, 15) is 4.79 Å². The molecule has 0 unspecified atom stereocenters. The Bertz CT molecular complexity index is 1790. The van der Waals surface area contributed by atoms with Crippen molar-refractivity contribution in [3.8, 4) is 0 Å². The summed E-state index contributed by atoms with van der Waals surface area (Å²) in [6.07, 6.45) is 3.71. The third-order valence-electron chi connectivity index (χ3n) is 6.52. The van der Waals surface area contributed by atoms with Gasteiger partial charge in [0.25, 0.3) is 5.56 Å². The third-order valence-corrected chi connectivity index (χ3v) is 9.36. The molecule has 0 spiro atoms. The highest BCUT2D eigenvalue weighted by Gasteiger charge is 2.33. The van der Waals surface area contributed by atoms with Crippen LogP contribution in [0.25, 0.3) is 11.8 Å². The van der Waals surface area contributed by atoms with Crippen LogP contribution < -0.4 is 14.9 Å². The number of rotatable bonds is 4. The highest BCUT2D eigenvalue weighted by Crippen LogP contribution is 2.42. The molecule has 0 saturated carbocycles. The maximum atomic E-state index is 13.8. The zero-order valence-corrected chi connectivity index (χ0v) is 21.5. The van der Waals surface area contributed by atoms with Gasteiger partial charge in [-0.25, -0.2) is 4.99 Å². The number of thiophene rings is 1. The number of hydrogen-bond donors (Lipinski definition) is 0. The Labute approximate surface area is 219 Å². The van der Waals surface area contributed by atoms with Crippen LogP contribution in [0.3, 0.4) is 0 Å². The molecule has 176 valence electrons. The maximum Gasteiger partial charge on any atom is 0.271 e. The summed E-state index contributed by atoms with van der Waals surface area (Å²) in [5.41, 5.74) is 4.75. The zero-order valence-electron chi connectivity index (χ0n) is 19.1. The fourth-order valence-electron chi connectivity index (χ4n) is 4.92. The first-order valence-corrected chi connectivity index (χ1v) is 14.2. The van der Waals surface area contributed by atoms with Crippen LogP contribution in [-0.2, 0) is 6.42 Å². The summed E-state index contributed by atoms with van der Waals surface area (Å²) in [6, 6.07) is 26.6. The molecule has 0 bridgehead atoms. The molecule has 1 aliphatic heterocycles. The lowest BCUT2D eigenvalue weighted by atomic mass is 9.85. The van der Waals surface area contributed by atoms with Gasteiger partial charge in [0.2, 0.25) is 0 Å². The van der Waals surface area contributed by atoms with E-state index in [2.05, 4.69) is 53.9 Å². The van der Waals surface area contributed by atoms with Crippen LogP contribution in [0.1, 0.15) is 34.2 Å². The molecular formula is C29H20N2O2S3. The topological polar surface area (TPSA) is 47.5 Å². The van der Waals surface area contributed by atoms with E-state index in [1.54, 1.807) is 23.1 Å². The Balaban J connectivity index is 1.35. The van der Waals surface area contributed by atoms with Crippen molar-refractivity contribution in [2.24, 2.45) is 4.99 Å². The first-order valence-electron chi connectivity index (χ1n) is 11.7. The van der Waals surface area contributed by atoms with E-state index in [-0.39, 0.29) is 11.6 Å². The number of aryl methyl sites for hydroxylation is 1. The van der Waals surface area contributed by atoms with E-state index < -0.39 is 0 Å². The Hall–Kier alpha value is -3.39. The molecule has 2 aliphatic rings. The van der Waals surface area contributed by atoms with Gasteiger partial charge >= 0.3 is 0 Å².